The summed E-state index contributed by atoms with van der Waals surface area (Å²) < 4.78 is 5.53. The zero-order valence-corrected chi connectivity index (χ0v) is 15.5. The number of carbonyl (C=O) groups is 1. The molecule has 1 rings (SSSR count). The molecular weight excluding hydrogens is 372 g/mol. The molecule has 4 nitrogen and oxygen atoms in total. The number of rotatable bonds is 7. The first-order chi connectivity index (χ1) is 11.4. The van der Waals surface area contributed by atoms with E-state index in [0.717, 1.165) is 36.4 Å². The van der Waals surface area contributed by atoms with Crippen LogP contribution in [0.1, 0.15) is 38.2 Å². The van der Waals surface area contributed by atoms with Crippen LogP contribution in [0.15, 0.2) is 34.8 Å². The summed E-state index contributed by atoms with van der Waals surface area (Å²) in [4.78, 5) is 11.9. The van der Waals surface area contributed by atoms with Gasteiger partial charge in [0.15, 0.2) is 6.10 Å². The zero-order chi connectivity index (χ0) is 18.0. The molecule has 0 spiro atoms. The second-order valence-electron chi connectivity index (χ2n) is 5.38. The van der Waals surface area contributed by atoms with Gasteiger partial charge in [-0.1, -0.05) is 59.8 Å². The number of methoxy groups -OCH3 is 1. The van der Waals surface area contributed by atoms with Gasteiger partial charge in [-0.3, -0.25) is 0 Å². The van der Waals surface area contributed by atoms with Crippen molar-refractivity contribution in [3.63, 3.8) is 0 Å². The lowest BCUT2D eigenvalue weighted by atomic mass is 9.95. The highest BCUT2D eigenvalue weighted by Gasteiger charge is 2.41. The van der Waals surface area contributed by atoms with Gasteiger partial charge in [0.1, 0.15) is 0 Å². The molecule has 2 N–H and O–H groups in total. The molecule has 130 valence electrons. The highest BCUT2D eigenvalue weighted by Crippen LogP contribution is 2.18. The standard InChI is InChI=1S/C19H23BrO4/c1-3-4-5-6-7-8-17(21)19(23,18(22)24-2)14-13-15-9-11-16(20)12-10-15/h9-14,17,21,23H,3-6H2,1-2H3/b14-13+. The highest BCUT2D eigenvalue weighted by molar-refractivity contribution is 9.10. The maximum Gasteiger partial charge on any atom is 0.345 e. The second-order valence-corrected chi connectivity index (χ2v) is 6.30. The Kier molecular flexibility index (Phi) is 8.77. The van der Waals surface area contributed by atoms with Crippen molar-refractivity contribution >= 4 is 28.0 Å². The predicted octanol–water partition coefficient (Wildman–Crippen LogP) is 3.31. The third kappa shape index (κ3) is 6.12. The molecule has 0 aromatic heterocycles. The Morgan fingerprint density at radius 2 is 2.04 bits per heavy atom. The van der Waals surface area contributed by atoms with E-state index in [-0.39, 0.29) is 0 Å². The first kappa shape index (κ1) is 20.4. The molecule has 5 heteroatoms. The van der Waals surface area contributed by atoms with Crippen molar-refractivity contribution in [3.05, 3.63) is 40.4 Å². The topological polar surface area (TPSA) is 66.8 Å². The number of aliphatic hydroxyl groups excluding tert-OH is 1. The van der Waals surface area contributed by atoms with Gasteiger partial charge in [0, 0.05) is 10.9 Å². The van der Waals surface area contributed by atoms with Crippen LogP contribution >= 0.6 is 15.9 Å². The van der Waals surface area contributed by atoms with Crippen LogP contribution in [-0.4, -0.2) is 35.0 Å². The molecule has 0 amide bonds. The molecule has 0 heterocycles. The Morgan fingerprint density at radius 3 is 2.62 bits per heavy atom. The summed E-state index contributed by atoms with van der Waals surface area (Å²) in [5.41, 5.74) is -1.44. The summed E-state index contributed by atoms with van der Waals surface area (Å²) in [6, 6.07) is 7.28. The maximum atomic E-state index is 11.9. The van der Waals surface area contributed by atoms with Gasteiger partial charge < -0.3 is 14.9 Å². The van der Waals surface area contributed by atoms with Gasteiger partial charge in [0.2, 0.25) is 5.60 Å². The summed E-state index contributed by atoms with van der Waals surface area (Å²) in [6.45, 7) is 2.09. The molecule has 1 aromatic rings. The molecular formula is C19H23BrO4. The summed E-state index contributed by atoms with van der Waals surface area (Å²) in [6.07, 6.45) is 4.86. The van der Waals surface area contributed by atoms with Crippen LogP contribution in [0.3, 0.4) is 0 Å². The van der Waals surface area contributed by atoms with Crippen LogP contribution in [0.25, 0.3) is 6.08 Å². The molecule has 0 aliphatic carbocycles. The molecule has 0 fully saturated rings. The number of ether oxygens (including phenoxy) is 1. The zero-order valence-electron chi connectivity index (χ0n) is 14.0. The van der Waals surface area contributed by atoms with Crippen LogP contribution in [0, 0.1) is 11.8 Å². The fraction of sp³-hybridized carbons (Fsp3) is 0.421. The van der Waals surface area contributed by atoms with Crippen molar-refractivity contribution in [1.82, 2.24) is 0 Å². The quantitative estimate of drug-likeness (QED) is 0.422. The van der Waals surface area contributed by atoms with Crippen molar-refractivity contribution < 1.29 is 19.7 Å². The number of hydrogen-bond acceptors (Lipinski definition) is 4. The summed E-state index contributed by atoms with van der Waals surface area (Å²) in [5, 5.41) is 20.7. The Morgan fingerprint density at radius 1 is 1.38 bits per heavy atom. The van der Waals surface area contributed by atoms with Crippen LogP contribution in [0.5, 0.6) is 0 Å². The van der Waals surface area contributed by atoms with Crippen LogP contribution in [0.4, 0.5) is 0 Å². The van der Waals surface area contributed by atoms with E-state index in [0.29, 0.717) is 6.42 Å². The molecule has 2 atom stereocenters. The summed E-state index contributed by atoms with van der Waals surface area (Å²) in [7, 11) is 1.15. The Balaban J connectivity index is 2.92. The minimum absolute atomic E-state index is 0.610. The van der Waals surface area contributed by atoms with E-state index < -0.39 is 17.7 Å². The lowest BCUT2D eigenvalue weighted by Crippen LogP contribution is -2.48. The van der Waals surface area contributed by atoms with Crippen LogP contribution in [0.2, 0.25) is 0 Å². The van der Waals surface area contributed by atoms with Crippen molar-refractivity contribution in [2.24, 2.45) is 0 Å². The monoisotopic (exact) mass is 394 g/mol. The number of unbranched alkanes of at least 4 members (excludes halogenated alkanes) is 3. The number of esters is 1. The average Bonchev–Trinajstić information content (AvgIpc) is 2.59. The van der Waals surface area contributed by atoms with Gasteiger partial charge in [-0.2, -0.15) is 0 Å². The Hall–Kier alpha value is -1.61. The van der Waals surface area contributed by atoms with Gasteiger partial charge in [-0.25, -0.2) is 4.79 Å². The average molecular weight is 395 g/mol. The molecule has 0 aliphatic rings. The van der Waals surface area contributed by atoms with Gasteiger partial charge >= 0.3 is 5.97 Å². The molecule has 0 aliphatic heterocycles. The molecule has 0 bridgehead atoms. The lowest BCUT2D eigenvalue weighted by molar-refractivity contribution is -0.163. The van der Waals surface area contributed by atoms with Crippen molar-refractivity contribution in [1.29, 1.82) is 0 Å². The third-order valence-corrected chi connectivity index (χ3v) is 4.00. The Bertz CT molecular complexity index is 612. The van der Waals surface area contributed by atoms with Gasteiger partial charge in [-0.15, -0.1) is 5.92 Å². The van der Waals surface area contributed by atoms with Crippen LogP contribution < -0.4 is 0 Å². The third-order valence-electron chi connectivity index (χ3n) is 3.47. The van der Waals surface area contributed by atoms with E-state index in [1.807, 2.05) is 12.1 Å². The molecule has 0 saturated heterocycles. The van der Waals surface area contributed by atoms with E-state index >= 15 is 0 Å². The molecule has 0 radical (unpaired) electrons. The van der Waals surface area contributed by atoms with E-state index in [4.69, 9.17) is 0 Å². The van der Waals surface area contributed by atoms with Gasteiger partial charge in [-0.05, 0) is 30.2 Å². The van der Waals surface area contributed by atoms with E-state index in [1.165, 1.54) is 6.08 Å². The number of carbonyl (C=O) groups excluding carboxylic acids is 1. The summed E-state index contributed by atoms with van der Waals surface area (Å²) >= 11 is 3.33. The van der Waals surface area contributed by atoms with E-state index in [2.05, 4.69) is 39.4 Å². The molecule has 1 aromatic carbocycles. The first-order valence-electron chi connectivity index (χ1n) is 7.86. The number of halogens is 1. The highest BCUT2D eigenvalue weighted by atomic mass is 79.9. The normalized spacial score (nSPS) is 14.5. The molecule has 24 heavy (non-hydrogen) atoms. The smallest absolute Gasteiger partial charge is 0.345 e. The first-order valence-corrected chi connectivity index (χ1v) is 8.65. The van der Waals surface area contributed by atoms with E-state index in [9.17, 15) is 15.0 Å². The van der Waals surface area contributed by atoms with Crippen molar-refractivity contribution in [3.8, 4) is 11.8 Å². The SMILES string of the molecule is CCCCCC#CC(O)C(O)(/C=C/c1ccc(Br)cc1)C(=O)OC. The largest absolute Gasteiger partial charge is 0.467 e. The predicted molar refractivity (Wildman–Crippen MR) is 98.1 cm³/mol. The van der Waals surface area contributed by atoms with Gasteiger partial charge in [0.05, 0.1) is 7.11 Å². The van der Waals surface area contributed by atoms with Crippen molar-refractivity contribution in [2.45, 2.75) is 44.3 Å². The van der Waals surface area contributed by atoms with Crippen molar-refractivity contribution in [2.75, 3.05) is 7.11 Å². The lowest BCUT2D eigenvalue weighted by Gasteiger charge is -2.23. The second kappa shape index (κ2) is 10.3. The minimum atomic E-state index is -2.21. The van der Waals surface area contributed by atoms with E-state index in [1.54, 1.807) is 18.2 Å². The maximum absolute atomic E-state index is 11.9. The Labute approximate surface area is 151 Å². The van der Waals surface area contributed by atoms with Gasteiger partial charge in [0.25, 0.3) is 0 Å². The molecule has 0 saturated carbocycles. The minimum Gasteiger partial charge on any atom is -0.467 e. The van der Waals surface area contributed by atoms with Crippen LogP contribution in [-0.2, 0) is 9.53 Å². The fourth-order valence-corrected chi connectivity index (χ4v) is 2.24. The number of hydrogen-bond donors (Lipinski definition) is 2. The summed E-state index contributed by atoms with van der Waals surface area (Å²) in [5.74, 6) is 4.39. The molecule has 2 unspecified atom stereocenters. The number of benzene rings is 1. The number of aliphatic hydroxyl groups is 2. The fourth-order valence-electron chi connectivity index (χ4n) is 1.97.